The standard InChI is InChI=1S/C15H16N6O3S/c16-15-19-13-12(14(20-15)25-10-3-1-2-4-17-10)18-7-21(13)11-5-8(23)9(6-22)24-11/h1-4,7-9,11,22-23H,5-6H2,(H2,16,19,20)/t8-,9+,11+/m0/s1. The number of aliphatic hydroxyl groups is 2. The molecule has 0 radical (unpaired) electrons. The van der Waals surface area contributed by atoms with E-state index in [1.54, 1.807) is 17.1 Å². The maximum Gasteiger partial charge on any atom is 0.223 e. The number of nitrogens with zero attached hydrogens (tertiary/aromatic N) is 5. The Morgan fingerprint density at radius 1 is 1.32 bits per heavy atom. The van der Waals surface area contributed by atoms with Gasteiger partial charge in [0.15, 0.2) is 5.65 Å². The van der Waals surface area contributed by atoms with Crippen molar-refractivity contribution in [3.05, 3.63) is 30.7 Å². The molecule has 3 aromatic heterocycles. The molecule has 4 heterocycles. The van der Waals surface area contributed by atoms with Gasteiger partial charge < -0.3 is 20.7 Å². The minimum Gasteiger partial charge on any atom is -0.394 e. The molecule has 1 saturated heterocycles. The molecule has 0 spiro atoms. The van der Waals surface area contributed by atoms with E-state index >= 15 is 0 Å². The lowest BCUT2D eigenvalue weighted by atomic mass is 10.2. The number of hydrogen-bond donors (Lipinski definition) is 3. The second-order valence-electron chi connectivity index (χ2n) is 5.60. The van der Waals surface area contributed by atoms with Crippen molar-refractivity contribution in [2.24, 2.45) is 0 Å². The minimum absolute atomic E-state index is 0.116. The van der Waals surface area contributed by atoms with E-state index in [9.17, 15) is 10.2 Å². The van der Waals surface area contributed by atoms with Gasteiger partial charge in [-0.2, -0.15) is 4.98 Å². The van der Waals surface area contributed by atoms with Gasteiger partial charge in [-0.25, -0.2) is 15.0 Å². The number of pyridine rings is 1. The van der Waals surface area contributed by atoms with E-state index in [0.29, 0.717) is 22.6 Å². The fraction of sp³-hybridized carbons (Fsp3) is 0.333. The SMILES string of the molecule is Nc1nc(Sc2ccccn2)c2ncn([C@H]3C[C@H](O)[C@@H](CO)O3)c2n1. The van der Waals surface area contributed by atoms with E-state index in [-0.39, 0.29) is 12.6 Å². The summed E-state index contributed by atoms with van der Waals surface area (Å²) in [6, 6.07) is 5.59. The molecule has 9 nitrogen and oxygen atoms in total. The summed E-state index contributed by atoms with van der Waals surface area (Å²) in [5, 5.41) is 20.6. The number of imidazole rings is 1. The third kappa shape index (κ3) is 3.04. The highest BCUT2D eigenvalue weighted by Gasteiger charge is 2.35. The van der Waals surface area contributed by atoms with E-state index in [2.05, 4.69) is 19.9 Å². The van der Waals surface area contributed by atoms with Crippen LogP contribution in [0.5, 0.6) is 0 Å². The monoisotopic (exact) mass is 360 g/mol. The van der Waals surface area contributed by atoms with Crippen molar-refractivity contribution in [2.45, 2.75) is 34.9 Å². The Balaban J connectivity index is 1.72. The summed E-state index contributed by atoms with van der Waals surface area (Å²) in [4.78, 5) is 17.2. The van der Waals surface area contributed by atoms with E-state index in [4.69, 9.17) is 10.5 Å². The summed E-state index contributed by atoms with van der Waals surface area (Å²) in [7, 11) is 0. The van der Waals surface area contributed by atoms with Gasteiger partial charge in [-0.05, 0) is 23.9 Å². The molecule has 10 heteroatoms. The largest absolute Gasteiger partial charge is 0.394 e. The van der Waals surface area contributed by atoms with Crippen LogP contribution >= 0.6 is 11.8 Å². The number of fused-ring (bicyclic) bond motifs is 1. The van der Waals surface area contributed by atoms with Crippen molar-refractivity contribution in [1.29, 1.82) is 0 Å². The first-order valence-corrected chi connectivity index (χ1v) is 8.50. The van der Waals surface area contributed by atoms with Crippen LogP contribution in [0.25, 0.3) is 11.2 Å². The van der Waals surface area contributed by atoms with Crippen molar-refractivity contribution < 1.29 is 14.9 Å². The lowest BCUT2D eigenvalue weighted by Gasteiger charge is -2.13. The number of aromatic nitrogens is 5. The van der Waals surface area contributed by atoms with Gasteiger partial charge in [0.05, 0.1) is 19.0 Å². The molecule has 0 amide bonds. The first kappa shape index (κ1) is 16.2. The summed E-state index contributed by atoms with van der Waals surface area (Å²) in [5.74, 6) is 0.116. The van der Waals surface area contributed by atoms with Gasteiger partial charge in [0.1, 0.15) is 27.9 Å². The van der Waals surface area contributed by atoms with Crippen LogP contribution in [0, 0.1) is 0 Å². The summed E-state index contributed by atoms with van der Waals surface area (Å²) >= 11 is 1.34. The Morgan fingerprint density at radius 2 is 2.20 bits per heavy atom. The molecule has 4 rings (SSSR count). The molecule has 130 valence electrons. The summed E-state index contributed by atoms with van der Waals surface area (Å²) in [5.41, 5.74) is 6.95. The smallest absolute Gasteiger partial charge is 0.223 e. The van der Waals surface area contributed by atoms with E-state index < -0.39 is 18.4 Å². The quantitative estimate of drug-likeness (QED) is 0.572. The Morgan fingerprint density at radius 3 is 2.92 bits per heavy atom. The van der Waals surface area contributed by atoms with Crippen molar-refractivity contribution in [3.63, 3.8) is 0 Å². The number of ether oxygens (including phenoxy) is 1. The van der Waals surface area contributed by atoms with Crippen LogP contribution in [-0.2, 0) is 4.74 Å². The van der Waals surface area contributed by atoms with Gasteiger partial charge in [0, 0.05) is 12.6 Å². The molecule has 3 aromatic rings. The van der Waals surface area contributed by atoms with Gasteiger partial charge in [0.25, 0.3) is 0 Å². The highest BCUT2D eigenvalue weighted by Crippen LogP contribution is 2.34. The topological polar surface area (TPSA) is 132 Å². The summed E-state index contributed by atoms with van der Waals surface area (Å²) in [6.07, 6.45) is 1.78. The Labute approximate surface area is 146 Å². The predicted molar refractivity (Wildman–Crippen MR) is 89.7 cm³/mol. The Kier molecular flexibility index (Phi) is 4.25. The molecular weight excluding hydrogens is 344 g/mol. The molecule has 25 heavy (non-hydrogen) atoms. The fourth-order valence-corrected chi connectivity index (χ4v) is 3.58. The number of hydrogen-bond acceptors (Lipinski definition) is 9. The molecule has 1 aliphatic heterocycles. The van der Waals surface area contributed by atoms with Crippen LogP contribution in [0.1, 0.15) is 12.6 Å². The maximum atomic E-state index is 9.95. The average Bonchev–Trinajstić information content (AvgIpc) is 3.18. The van der Waals surface area contributed by atoms with E-state index in [1.807, 2.05) is 18.2 Å². The van der Waals surface area contributed by atoms with Gasteiger partial charge >= 0.3 is 0 Å². The number of nitrogen functional groups attached to an aromatic ring is 1. The number of aliphatic hydroxyl groups excluding tert-OH is 2. The molecule has 4 N–H and O–H groups in total. The normalized spacial score (nSPS) is 23.4. The molecule has 0 unspecified atom stereocenters. The van der Waals surface area contributed by atoms with Crippen molar-refractivity contribution in [1.82, 2.24) is 24.5 Å². The van der Waals surface area contributed by atoms with Crippen LogP contribution < -0.4 is 5.73 Å². The van der Waals surface area contributed by atoms with Crippen LogP contribution in [0.3, 0.4) is 0 Å². The average molecular weight is 360 g/mol. The van der Waals surface area contributed by atoms with Crippen LogP contribution in [-0.4, -0.2) is 53.5 Å². The molecule has 0 aliphatic carbocycles. The molecule has 0 aromatic carbocycles. The highest BCUT2D eigenvalue weighted by atomic mass is 32.2. The molecule has 3 atom stereocenters. The summed E-state index contributed by atoms with van der Waals surface area (Å²) < 4.78 is 7.38. The number of rotatable bonds is 4. The van der Waals surface area contributed by atoms with Gasteiger partial charge in [-0.3, -0.25) is 4.57 Å². The van der Waals surface area contributed by atoms with Gasteiger partial charge in [-0.15, -0.1) is 0 Å². The second-order valence-corrected chi connectivity index (χ2v) is 6.60. The van der Waals surface area contributed by atoms with Crippen molar-refractivity contribution in [2.75, 3.05) is 12.3 Å². The number of anilines is 1. The Hall–Kier alpha value is -2.27. The lowest BCUT2D eigenvalue weighted by Crippen LogP contribution is -2.24. The first-order chi connectivity index (χ1) is 12.2. The molecule has 1 fully saturated rings. The van der Waals surface area contributed by atoms with Crippen LogP contribution in [0.15, 0.2) is 40.8 Å². The maximum absolute atomic E-state index is 9.95. The Bertz CT molecular complexity index is 890. The fourth-order valence-electron chi connectivity index (χ4n) is 2.75. The van der Waals surface area contributed by atoms with E-state index in [0.717, 1.165) is 5.03 Å². The highest BCUT2D eigenvalue weighted by molar-refractivity contribution is 7.99. The summed E-state index contributed by atoms with van der Waals surface area (Å²) in [6.45, 7) is -0.248. The molecular formula is C15H16N6O3S. The zero-order valence-electron chi connectivity index (χ0n) is 13.1. The second kappa shape index (κ2) is 6.56. The van der Waals surface area contributed by atoms with Crippen LogP contribution in [0.4, 0.5) is 5.95 Å². The molecule has 0 saturated carbocycles. The number of nitrogens with two attached hydrogens (primary N) is 1. The van der Waals surface area contributed by atoms with Gasteiger partial charge in [-0.1, -0.05) is 6.07 Å². The van der Waals surface area contributed by atoms with Crippen molar-refractivity contribution in [3.8, 4) is 0 Å². The molecule has 0 bridgehead atoms. The third-order valence-electron chi connectivity index (χ3n) is 3.94. The minimum atomic E-state index is -0.742. The third-order valence-corrected chi connectivity index (χ3v) is 4.87. The molecule has 1 aliphatic rings. The van der Waals surface area contributed by atoms with Gasteiger partial charge in [0.2, 0.25) is 5.95 Å². The van der Waals surface area contributed by atoms with Crippen LogP contribution in [0.2, 0.25) is 0 Å². The van der Waals surface area contributed by atoms with E-state index in [1.165, 1.54) is 11.8 Å². The predicted octanol–water partition coefficient (Wildman–Crippen LogP) is 0.595. The zero-order chi connectivity index (χ0) is 17.4. The first-order valence-electron chi connectivity index (χ1n) is 7.69. The van der Waals surface area contributed by atoms with Crippen molar-refractivity contribution >= 4 is 28.9 Å². The lowest BCUT2D eigenvalue weighted by molar-refractivity contribution is -0.0432. The zero-order valence-corrected chi connectivity index (χ0v) is 13.9.